The quantitative estimate of drug-likeness (QED) is 0.845. The van der Waals surface area contributed by atoms with E-state index in [4.69, 9.17) is 0 Å². The summed E-state index contributed by atoms with van der Waals surface area (Å²) in [6, 6.07) is 4.06. The molecule has 1 aromatic carbocycles. The van der Waals surface area contributed by atoms with Gasteiger partial charge in [-0.3, -0.25) is 9.69 Å². The smallest absolute Gasteiger partial charge is 0.225 e. The maximum atomic E-state index is 13.3. The minimum Gasteiger partial charge on any atom is -0.341 e. The number of amides is 1. The molecule has 0 atom stereocenters. The molecule has 2 saturated heterocycles. The molecule has 2 aliphatic heterocycles. The molecule has 0 spiro atoms. The third kappa shape index (κ3) is 4.23. The van der Waals surface area contributed by atoms with Crippen molar-refractivity contribution in [2.75, 3.05) is 37.7 Å². The standard InChI is InChI=1S/C17H22F2N2OS/c18-15-2-1-13(11-16(15)19)12-20-5-3-14(4-6-20)17(22)21-7-9-23-10-8-21/h1-2,11,14H,3-10,12H2. The van der Waals surface area contributed by atoms with Crippen LogP contribution in [0.5, 0.6) is 0 Å². The van der Waals surface area contributed by atoms with E-state index in [1.165, 1.54) is 12.1 Å². The summed E-state index contributed by atoms with van der Waals surface area (Å²) in [7, 11) is 0. The van der Waals surface area contributed by atoms with Crippen LogP contribution in [0, 0.1) is 17.6 Å². The van der Waals surface area contributed by atoms with Gasteiger partial charge in [0.1, 0.15) is 0 Å². The van der Waals surface area contributed by atoms with Crippen LogP contribution in [0.4, 0.5) is 8.78 Å². The molecule has 0 aromatic heterocycles. The van der Waals surface area contributed by atoms with E-state index >= 15 is 0 Å². The van der Waals surface area contributed by atoms with Crippen molar-refractivity contribution in [3.8, 4) is 0 Å². The van der Waals surface area contributed by atoms with E-state index in [0.717, 1.165) is 56.1 Å². The van der Waals surface area contributed by atoms with Gasteiger partial charge in [0.05, 0.1) is 0 Å². The second-order valence-corrected chi connectivity index (χ2v) is 7.46. The summed E-state index contributed by atoms with van der Waals surface area (Å²) in [6.07, 6.45) is 1.71. The van der Waals surface area contributed by atoms with E-state index in [0.29, 0.717) is 12.5 Å². The van der Waals surface area contributed by atoms with Gasteiger partial charge in [-0.2, -0.15) is 11.8 Å². The average molecular weight is 340 g/mol. The van der Waals surface area contributed by atoms with Crippen LogP contribution in [-0.4, -0.2) is 53.4 Å². The van der Waals surface area contributed by atoms with Crippen molar-refractivity contribution in [2.24, 2.45) is 5.92 Å². The highest BCUT2D eigenvalue weighted by molar-refractivity contribution is 7.99. The lowest BCUT2D eigenvalue weighted by Gasteiger charge is -2.35. The van der Waals surface area contributed by atoms with Crippen molar-refractivity contribution >= 4 is 17.7 Å². The van der Waals surface area contributed by atoms with Crippen LogP contribution in [0.3, 0.4) is 0 Å². The fourth-order valence-corrected chi connectivity index (χ4v) is 4.18. The SMILES string of the molecule is O=C(C1CCN(Cc2ccc(F)c(F)c2)CC1)N1CCSCC1. The summed E-state index contributed by atoms with van der Waals surface area (Å²) in [4.78, 5) is 16.7. The van der Waals surface area contributed by atoms with Crippen molar-refractivity contribution in [2.45, 2.75) is 19.4 Å². The van der Waals surface area contributed by atoms with Crippen molar-refractivity contribution < 1.29 is 13.6 Å². The molecular weight excluding hydrogens is 318 g/mol. The summed E-state index contributed by atoms with van der Waals surface area (Å²) in [5, 5.41) is 0. The summed E-state index contributed by atoms with van der Waals surface area (Å²) in [5.74, 6) is 0.909. The molecule has 0 unspecified atom stereocenters. The minimum atomic E-state index is -0.808. The lowest BCUT2D eigenvalue weighted by atomic mass is 9.95. The number of likely N-dealkylation sites (tertiary alicyclic amines) is 1. The molecule has 1 amide bonds. The molecule has 2 aliphatic rings. The zero-order valence-corrected chi connectivity index (χ0v) is 14.0. The van der Waals surface area contributed by atoms with Crippen LogP contribution in [0.25, 0.3) is 0 Å². The van der Waals surface area contributed by atoms with Crippen LogP contribution in [-0.2, 0) is 11.3 Å². The summed E-state index contributed by atoms with van der Waals surface area (Å²) < 4.78 is 26.2. The lowest BCUT2D eigenvalue weighted by Crippen LogP contribution is -2.45. The van der Waals surface area contributed by atoms with Crippen molar-refractivity contribution in [3.05, 3.63) is 35.4 Å². The highest BCUT2D eigenvalue weighted by Gasteiger charge is 2.29. The third-order valence-corrected chi connectivity index (χ3v) is 5.59. The normalized spacial score (nSPS) is 20.7. The van der Waals surface area contributed by atoms with Gasteiger partial charge in [0.2, 0.25) is 5.91 Å². The van der Waals surface area contributed by atoms with Gasteiger partial charge >= 0.3 is 0 Å². The molecule has 0 saturated carbocycles. The number of piperidine rings is 1. The monoisotopic (exact) mass is 340 g/mol. The number of hydrogen-bond donors (Lipinski definition) is 0. The van der Waals surface area contributed by atoms with Gasteiger partial charge in [-0.15, -0.1) is 0 Å². The van der Waals surface area contributed by atoms with E-state index in [1.54, 1.807) is 6.07 Å². The molecule has 0 radical (unpaired) electrons. The number of benzene rings is 1. The van der Waals surface area contributed by atoms with Gasteiger partial charge in [0, 0.05) is 37.1 Å². The van der Waals surface area contributed by atoms with E-state index in [1.807, 2.05) is 16.7 Å². The number of carbonyl (C=O) groups excluding carboxylic acids is 1. The molecule has 2 fully saturated rings. The Bertz CT molecular complexity index is 556. The van der Waals surface area contributed by atoms with Crippen molar-refractivity contribution in [1.29, 1.82) is 0 Å². The Morgan fingerprint density at radius 1 is 1.09 bits per heavy atom. The Hall–Kier alpha value is -1.14. The topological polar surface area (TPSA) is 23.6 Å². The molecule has 0 bridgehead atoms. The van der Waals surface area contributed by atoms with E-state index < -0.39 is 11.6 Å². The number of halogens is 2. The zero-order valence-electron chi connectivity index (χ0n) is 13.1. The lowest BCUT2D eigenvalue weighted by molar-refractivity contribution is -0.136. The molecule has 6 heteroatoms. The fourth-order valence-electron chi connectivity index (χ4n) is 3.28. The number of carbonyl (C=O) groups is 1. The molecular formula is C17H22F2N2OS. The predicted octanol–water partition coefficient (Wildman–Crippen LogP) is 2.75. The molecule has 3 nitrogen and oxygen atoms in total. The van der Waals surface area contributed by atoms with E-state index in [-0.39, 0.29) is 5.92 Å². The summed E-state index contributed by atoms with van der Waals surface area (Å²) >= 11 is 1.91. The molecule has 3 rings (SSSR count). The van der Waals surface area contributed by atoms with Gasteiger partial charge in [0.25, 0.3) is 0 Å². The first-order valence-electron chi connectivity index (χ1n) is 8.16. The number of nitrogens with zero attached hydrogens (tertiary/aromatic N) is 2. The Kier molecular flexibility index (Phi) is 5.54. The first-order valence-corrected chi connectivity index (χ1v) is 9.32. The highest BCUT2D eigenvalue weighted by atomic mass is 32.2. The first kappa shape index (κ1) is 16.7. The van der Waals surface area contributed by atoms with Crippen molar-refractivity contribution in [3.63, 3.8) is 0 Å². The Balaban J connectivity index is 1.49. The van der Waals surface area contributed by atoms with Gasteiger partial charge < -0.3 is 4.90 Å². The zero-order chi connectivity index (χ0) is 16.2. The summed E-state index contributed by atoms with van der Waals surface area (Å²) in [5.41, 5.74) is 0.779. The van der Waals surface area contributed by atoms with Crippen LogP contribution in [0.2, 0.25) is 0 Å². The Labute approximate surface area is 140 Å². The highest BCUT2D eigenvalue weighted by Crippen LogP contribution is 2.23. The van der Waals surface area contributed by atoms with Crippen LogP contribution in [0.15, 0.2) is 18.2 Å². The predicted molar refractivity (Wildman–Crippen MR) is 88.3 cm³/mol. The van der Waals surface area contributed by atoms with Crippen LogP contribution < -0.4 is 0 Å². The minimum absolute atomic E-state index is 0.124. The maximum Gasteiger partial charge on any atom is 0.225 e. The van der Waals surface area contributed by atoms with Crippen LogP contribution >= 0.6 is 11.8 Å². The largest absolute Gasteiger partial charge is 0.341 e. The summed E-state index contributed by atoms with van der Waals surface area (Å²) in [6.45, 7) is 4.02. The number of hydrogen-bond acceptors (Lipinski definition) is 3. The Morgan fingerprint density at radius 2 is 1.78 bits per heavy atom. The molecule has 0 N–H and O–H groups in total. The fraction of sp³-hybridized carbons (Fsp3) is 0.588. The van der Waals surface area contributed by atoms with Gasteiger partial charge in [-0.25, -0.2) is 8.78 Å². The first-order chi connectivity index (χ1) is 11.1. The molecule has 126 valence electrons. The third-order valence-electron chi connectivity index (χ3n) is 4.65. The Morgan fingerprint density at radius 3 is 2.43 bits per heavy atom. The van der Waals surface area contributed by atoms with Gasteiger partial charge in [-0.05, 0) is 43.6 Å². The van der Waals surface area contributed by atoms with Gasteiger partial charge in [0.15, 0.2) is 11.6 Å². The number of rotatable bonds is 3. The molecule has 1 aromatic rings. The molecule has 23 heavy (non-hydrogen) atoms. The van der Waals surface area contributed by atoms with Crippen LogP contribution in [0.1, 0.15) is 18.4 Å². The number of thioether (sulfide) groups is 1. The van der Waals surface area contributed by atoms with E-state index in [9.17, 15) is 13.6 Å². The van der Waals surface area contributed by atoms with Gasteiger partial charge in [-0.1, -0.05) is 6.07 Å². The average Bonchev–Trinajstić information content (AvgIpc) is 2.59. The second-order valence-electron chi connectivity index (χ2n) is 6.24. The van der Waals surface area contributed by atoms with E-state index in [2.05, 4.69) is 4.90 Å². The molecule has 0 aliphatic carbocycles. The van der Waals surface area contributed by atoms with Crippen molar-refractivity contribution in [1.82, 2.24) is 9.80 Å². The second kappa shape index (κ2) is 7.62. The maximum absolute atomic E-state index is 13.3. The molecule has 2 heterocycles.